The van der Waals surface area contributed by atoms with Gasteiger partial charge in [0.2, 0.25) is 0 Å². The molecule has 0 saturated heterocycles. The fraction of sp³-hybridized carbons (Fsp3) is 0.250. The van der Waals surface area contributed by atoms with Gasteiger partial charge in [0.15, 0.2) is 0 Å². The summed E-state index contributed by atoms with van der Waals surface area (Å²) in [7, 11) is -4.64. The smallest absolute Gasteiger partial charge is 0.466 e. The topological polar surface area (TPSA) is 152 Å². The quantitative estimate of drug-likeness (QED) is 0.356. The van der Waals surface area contributed by atoms with Gasteiger partial charge in [-0.1, -0.05) is 13.2 Å². The highest BCUT2D eigenvalue weighted by molar-refractivity contribution is 7.45. The fourth-order valence-corrected chi connectivity index (χ4v) is 0. The molecule has 0 aliphatic carbocycles. The van der Waals surface area contributed by atoms with Crippen molar-refractivity contribution in [3.63, 3.8) is 0 Å². The minimum Gasteiger partial charge on any atom is -0.478 e. The number of hydrogen-bond acceptors (Lipinski definition) is 3. The van der Waals surface area contributed by atoms with Crippen molar-refractivity contribution < 1.29 is 39.0 Å². The van der Waals surface area contributed by atoms with Crippen LogP contribution < -0.4 is 0 Å². The summed E-state index contributed by atoms with van der Waals surface area (Å²) in [6.45, 7) is 9.20. The van der Waals surface area contributed by atoms with Gasteiger partial charge >= 0.3 is 19.8 Å². The summed E-state index contributed by atoms with van der Waals surface area (Å²) in [6, 6.07) is 0. The molecule has 0 atom stereocenters. The molecule has 0 unspecified atom stereocenters. The molecular formula is C8H15O8P. The molecule has 0 aromatic carbocycles. The number of carbonyl (C=O) groups is 2. The molecule has 5 N–H and O–H groups in total. The first-order chi connectivity index (χ1) is 7.29. The Hall–Kier alpha value is -1.47. The molecule has 9 heteroatoms. The Bertz CT molecular complexity index is 283. The Morgan fingerprint density at radius 3 is 0.941 bits per heavy atom. The van der Waals surface area contributed by atoms with E-state index in [0.717, 1.165) is 0 Å². The first kappa shape index (κ1) is 20.9. The van der Waals surface area contributed by atoms with Crippen LogP contribution in [0.5, 0.6) is 0 Å². The maximum absolute atomic E-state index is 9.60. The van der Waals surface area contributed by atoms with Gasteiger partial charge in [0.1, 0.15) is 0 Å². The van der Waals surface area contributed by atoms with Gasteiger partial charge < -0.3 is 24.9 Å². The van der Waals surface area contributed by atoms with Crippen molar-refractivity contribution in [1.82, 2.24) is 0 Å². The lowest BCUT2D eigenvalue weighted by atomic mass is 10.4. The highest BCUT2D eigenvalue weighted by atomic mass is 31.2. The van der Waals surface area contributed by atoms with Crippen LogP contribution in [0.4, 0.5) is 0 Å². The van der Waals surface area contributed by atoms with Crippen molar-refractivity contribution in [3.8, 4) is 0 Å². The highest BCUT2D eigenvalue weighted by Crippen LogP contribution is 2.25. The van der Waals surface area contributed by atoms with E-state index in [-0.39, 0.29) is 11.1 Å². The fourth-order valence-electron chi connectivity index (χ4n) is 0. The van der Waals surface area contributed by atoms with Crippen molar-refractivity contribution >= 4 is 19.8 Å². The van der Waals surface area contributed by atoms with Gasteiger partial charge in [0.05, 0.1) is 0 Å². The van der Waals surface area contributed by atoms with E-state index < -0.39 is 19.8 Å². The standard InChI is InChI=1S/2C4H6O2.H3O4P/c2*1-3(2)4(5)6;1-5(2,3)4/h2*1H2,2H3,(H,5,6);(H3,1,2,3,4). The second kappa shape index (κ2) is 9.73. The van der Waals surface area contributed by atoms with Crippen LogP contribution in [0.15, 0.2) is 24.3 Å². The SMILES string of the molecule is C=C(C)C(=O)O.C=C(C)C(=O)O.O=P(O)(O)O. The van der Waals surface area contributed by atoms with Crippen LogP contribution in [0.25, 0.3) is 0 Å². The average molecular weight is 270 g/mol. The van der Waals surface area contributed by atoms with Crippen molar-refractivity contribution in [2.24, 2.45) is 0 Å². The second-order valence-electron chi connectivity index (χ2n) is 2.68. The van der Waals surface area contributed by atoms with E-state index in [1.165, 1.54) is 13.8 Å². The van der Waals surface area contributed by atoms with Crippen LogP contribution in [-0.4, -0.2) is 36.8 Å². The predicted octanol–water partition coefficient (Wildman–Crippen LogP) is 0.366. The Morgan fingerprint density at radius 1 is 0.882 bits per heavy atom. The first-order valence-electron chi connectivity index (χ1n) is 3.85. The monoisotopic (exact) mass is 270 g/mol. The molecule has 0 saturated carbocycles. The summed E-state index contributed by atoms with van der Waals surface area (Å²) < 4.78 is 8.88. The molecule has 0 aromatic rings. The van der Waals surface area contributed by atoms with Crippen LogP contribution >= 0.6 is 7.82 Å². The predicted molar refractivity (Wildman–Crippen MR) is 59.2 cm³/mol. The normalized spacial score (nSPS) is 8.76. The van der Waals surface area contributed by atoms with Gasteiger partial charge in [-0.25, -0.2) is 14.2 Å². The molecule has 0 heterocycles. The van der Waals surface area contributed by atoms with E-state index in [9.17, 15) is 9.59 Å². The van der Waals surface area contributed by atoms with Crippen LogP contribution in [0.2, 0.25) is 0 Å². The van der Waals surface area contributed by atoms with Crippen molar-refractivity contribution in [2.45, 2.75) is 13.8 Å². The van der Waals surface area contributed by atoms with Gasteiger partial charge in [0.25, 0.3) is 0 Å². The molecule has 0 fully saturated rings. The molecule has 0 spiro atoms. The van der Waals surface area contributed by atoms with Crippen molar-refractivity contribution in [3.05, 3.63) is 24.3 Å². The molecule has 100 valence electrons. The third-order valence-corrected chi connectivity index (χ3v) is 0.730. The summed E-state index contributed by atoms with van der Waals surface area (Å²) >= 11 is 0. The van der Waals surface area contributed by atoms with E-state index in [4.69, 9.17) is 29.5 Å². The van der Waals surface area contributed by atoms with E-state index >= 15 is 0 Å². The summed E-state index contributed by atoms with van der Waals surface area (Å²) in [4.78, 5) is 40.8. The zero-order chi connectivity index (χ0) is 14.8. The molecule has 0 radical (unpaired) electrons. The first-order valence-corrected chi connectivity index (χ1v) is 5.41. The van der Waals surface area contributed by atoms with E-state index in [2.05, 4.69) is 13.2 Å². The Balaban J connectivity index is -0.000000174. The zero-order valence-electron chi connectivity index (χ0n) is 9.32. The molecule has 0 aliphatic heterocycles. The minimum atomic E-state index is -4.64. The lowest BCUT2D eigenvalue weighted by Crippen LogP contribution is -1.92. The van der Waals surface area contributed by atoms with E-state index in [0.29, 0.717) is 0 Å². The summed E-state index contributed by atoms with van der Waals surface area (Å²) in [6.07, 6.45) is 0. The Morgan fingerprint density at radius 2 is 0.941 bits per heavy atom. The Labute approximate surface area is 97.8 Å². The molecule has 17 heavy (non-hydrogen) atoms. The summed E-state index contributed by atoms with van der Waals surface area (Å²) in [5.41, 5.74) is 0.352. The number of hydrogen-bond donors (Lipinski definition) is 5. The minimum absolute atomic E-state index is 0.176. The number of rotatable bonds is 2. The maximum Gasteiger partial charge on any atom is 0.466 e. The number of aliphatic carboxylic acids is 2. The van der Waals surface area contributed by atoms with Crippen LogP contribution in [0.3, 0.4) is 0 Å². The van der Waals surface area contributed by atoms with Crippen molar-refractivity contribution in [1.29, 1.82) is 0 Å². The maximum atomic E-state index is 9.60. The zero-order valence-corrected chi connectivity index (χ0v) is 10.2. The summed E-state index contributed by atoms with van der Waals surface area (Å²) in [5.74, 6) is -1.87. The molecule has 0 amide bonds. The number of carboxylic acids is 2. The van der Waals surface area contributed by atoms with E-state index in [1.54, 1.807) is 0 Å². The van der Waals surface area contributed by atoms with Crippen molar-refractivity contribution in [2.75, 3.05) is 0 Å². The third-order valence-electron chi connectivity index (χ3n) is 0.730. The average Bonchev–Trinajstić information content (AvgIpc) is 2.01. The van der Waals surface area contributed by atoms with Gasteiger partial charge in [0, 0.05) is 11.1 Å². The third kappa shape index (κ3) is 53.5. The molecule has 0 bridgehead atoms. The van der Waals surface area contributed by atoms with Gasteiger partial charge in [-0.2, -0.15) is 0 Å². The highest BCUT2D eigenvalue weighted by Gasteiger charge is 2.00. The number of phosphoric acid groups is 1. The largest absolute Gasteiger partial charge is 0.478 e. The lowest BCUT2D eigenvalue weighted by Gasteiger charge is -1.82. The molecule has 0 aromatic heterocycles. The van der Waals surface area contributed by atoms with Gasteiger partial charge in [-0.15, -0.1) is 0 Å². The molecular weight excluding hydrogens is 255 g/mol. The van der Waals surface area contributed by atoms with Crippen LogP contribution in [-0.2, 0) is 14.2 Å². The van der Waals surface area contributed by atoms with Gasteiger partial charge in [-0.05, 0) is 13.8 Å². The summed E-state index contributed by atoms with van der Waals surface area (Å²) in [5, 5.41) is 15.8. The second-order valence-corrected chi connectivity index (χ2v) is 3.71. The van der Waals surface area contributed by atoms with Crippen LogP contribution in [0, 0.1) is 0 Å². The van der Waals surface area contributed by atoms with Gasteiger partial charge in [-0.3, -0.25) is 0 Å². The number of carboxylic acid groups (broad SMARTS) is 2. The molecule has 0 aliphatic rings. The molecule has 0 rings (SSSR count). The Kier molecular flexibility index (Phi) is 12.0. The van der Waals surface area contributed by atoms with Crippen LogP contribution in [0.1, 0.15) is 13.8 Å². The van der Waals surface area contributed by atoms with E-state index in [1.807, 2.05) is 0 Å². The molecule has 8 nitrogen and oxygen atoms in total. The lowest BCUT2D eigenvalue weighted by molar-refractivity contribution is -0.133.